The van der Waals surface area contributed by atoms with Crippen molar-refractivity contribution < 1.29 is 4.42 Å². The average Bonchev–Trinajstić information content (AvgIpc) is 3.11. The number of benzene rings is 2. The Bertz CT molecular complexity index is 851. The van der Waals surface area contributed by atoms with Crippen molar-refractivity contribution in [1.82, 2.24) is 4.98 Å². The van der Waals surface area contributed by atoms with Gasteiger partial charge in [-0.1, -0.05) is 24.3 Å². The highest BCUT2D eigenvalue weighted by Gasteiger charge is 2.56. The Kier molecular flexibility index (Phi) is 2.10. The van der Waals surface area contributed by atoms with E-state index in [1.54, 1.807) is 0 Å². The van der Waals surface area contributed by atoms with Gasteiger partial charge in [-0.2, -0.15) is 0 Å². The van der Waals surface area contributed by atoms with E-state index >= 15 is 0 Å². The molecule has 2 aliphatic rings. The number of oxazole rings is 1. The molecule has 2 aromatic carbocycles. The van der Waals surface area contributed by atoms with Crippen LogP contribution in [-0.4, -0.2) is 4.98 Å². The molecule has 1 fully saturated rings. The first-order chi connectivity index (χ1) is 10.3. The lowest BCUT2D eigenvalue weighted by Gasteiger charge is -2.13. The lowest BCUT2D eigenvalue weighted by Crippen LogP contribution is -2.00. The van der Waals surface area contributed by atoms with E-state index in [4.69, 9.17) is 10.2 Å². The van der Waals surface area contributed by atoms with Gasteiger partial charge in [0.2, 0.25) is 0 Å². The molecule has 1 aromatic heterocycles. The fraction of sp³-hybridized carbons (Fsp3) is 0.278. The predicted octanol–water partition coefficient (Wildman–Crippen LogP) is 3.85. The smallest absolute Gasteiger partial charge is 0.199 e. The normalized spacial score (nSPS) is 26.4. The number of aromatic nitrogens is 1. The van der Waals surface area contributed by atoms with Gasteiger partial charge in [0.05, 0.1) is 0 Å². The number of nitrogens with two attached hydrogens (primary N) is 1. The fourth-order valence-electron chi connectivity index (χ4n) is 4.01. The minimum atomic E-state index is 0.447. The monoisotopic (exact) mass is 276 g/mol. The first kappa shape index (κ1) is 11.4. The molecule has 21 heavy (non-hydrogen) atoms. The first-order valence-corrected chi connectivity index (χ1v) is 7.55. The fourth-order valence-corrected chi connectivity index (χ4v) is 4.01. The maximum atomic E-state index is 5.99. The Hall–Kier alpha value is -2.29. The topological polar surface area (TPSA) is 52.0 Å². The molecule has 2 N–H and O–H groups in total. The highest BCUT2D eigenvalue weighted by molar-refractivity contribution is 5.76. The highest BCUT2D eigenvalue weighted by Crippen LogP contribution is 2.65. The summed E-state index contributed by atoms with van der Waals surface area (Å²) in [5.74, 6) is 2.63. The number of anilines is 1. The summed E-state index contributed by atoms with van der Waals surface area (Å²) in [6, 6.07) is 14.5. The van der Waals surface area contributed by atoms with E-state index in [9.17, 15) is 0 Å². The van der Waals surface area contributed by atoms with E-state index in [2.05, 4.69) is 29.2 Å². The molecule has 0 aliphatic heterocycles. The van der Waals surface area contributed by atoms with Crippen molar-refractivity contribution in [2.75, 3.05) is 5.73 Å². The number of fused-ring (bicyclic) bond motifs is 4. The van der Waals surface area contributed by atoms with Gasteiger partial charge < -0.3 is 10.2 Å². The minimum Gasteiger partial charge on any atom is -0.440 e. The van der Waals surface area contributed by atoms with E-state index in [1.807, 2.05) is 18.2 Å². The molecule has 3 heteroatoms. The summed E-state index contributed by atoms with van der Waals surface area (Å²) in [6.45, 7) is 0. The quantitative estimate of drug-likeness (QED) is 0.687. The van der Waals surface area contributed by atoms with Crippen LogP contribution in [0.5, 0.6) is 0 Å². The molecule has 3 aromatic rings. The van der Waals surface area contributed by atoms with E-state index in [0.717, 1.165) is 22.7 Å². The second kappa shape index (κ2) is 3.88. The Morgan fingerprint density at radius 1 is 1.10 bits per heavy atom. The molecule has 3 atom stereocenters. The first-order valence-electron chi connectivity index (χ1n) is 7.55. The van der Waals surface area contributed by atoms with Gasteiger partial charge in [0, 0.05) is 11.6 Å². The maximum Gasteiger partial charge on any atom is 0.199 e. The van der Waals surface area contributed by atoms with E-state index in [-0.39, 0.29) is 0 Å². The Balaban J connectivity index is 1.57. The Labute approximate surface area is 122 Å². The summed E-state index contributed by atoms with van der Waals surface area (Å²) in [5, 5.41) is 0. The summed E-state index contributed by atoms with van der Waals surface area (Å²) in [7, 11) is 0. The largest absolute Gasteiger partial charge is 0.440 e. The Morgan fingerprint density at radius 3 is 2.95 bits per heavy atom. The molecule has 0 amide bonds. The molecular weight excluding hydrogens is 260 g/mol. The average molecular weight is 276 g/mol. The number of hydrogen-bond donors (Lipinski definition) is 1. The molecule has 0 saturated heterocycles. The van der Waals surface area contributed by atoms with Crippen LogP contribution in [0.15, 0.2) is 46.9 Å². The molecule has 104 valence electrons. The lowest BCUT2D eigenvalue weighted by molar-refractivity contribution is 0.517. The van der Waals surface area contributed by atoms with Crippen LogP contribution in [0.3, 0.4) is 0 Å². The lowest BCUT2D eigenvalue weighted by atomic mass is 9.92. The van der Waals surface area contributed by atoms with Crippen LogP contribution in [0.1, 0.15) is 35.3 Å². The van der Waals surface area contributed by atoms with Crippen LogP contribution < -0.4 is 5.73 Å². The molecule has 1 saturated carbocycles. The molecular formula is C18H16N2O. The SMILES string of the molecule is Nc1ccc2oc(C3C4CCc5ccccc5C43)nc2c1. The zero-order chi connectivity index (χ0) is 14.0. The van der Waals surface area contributed by atoms with Crippen molar-refractivity contribution in [3.8, 4) is 0 Å². The van der Waals surface area contributed by atoms with Gasteiger partial charge in [-0.15, -0.1) is 0 Å². The van der Waals surface area contributed by atoms with E-state index < -0.39 is 0 Å². The second-order valence-electron chi connectivity index (χ2n) is 6.23. The van der Waals surface area contributed by atoms with Gasteiger partial charge in [0.25, 0.3) is 0 Å². The van der Waals surface area contributed by atoms with E-state index in [1.165, 1.54) is 24.0 Å². The van der Waals surface area contributed by atoms with Gasteiger partial charge in [-0.25, -0.2) is 4.98 Å². The van der Waals surface area contributed by atoms with Crippen LogP contribution >= 0.6 is 0 Å². The number of nitrogen functional groups attached to an aromatic ring is 1. The van der Waals surface area contributed by atoms with Crippen molar-refractivity contribution >= 4 is 16.8 Å². The van der Waals surface area contributed by atoms with Crippen molar-refractivity contribution in [3.05, 3.63) is 59.5 Å². The zero-order valence-electron chi connectivity index (χ0n) is 11.6. The second-order valence-corrected chi connectivity index (χ2v) is 6.23. The van der Waals surface area contributed by atoms with Crippen molar-refractivity contribution in [3.63, 3.8) is 0 Å². The van der Waals surface area contributed by atoms with Gasteiger partial charge in [-0.3, -0.25) is 0 Å². The molecule has 1 heterocycles. The van der Waals surface area contributed by atoms with E-state index in [0.29, 0.717) is 17.8 Å². The van der Waals surface area contributed by atoms with Crippen molar-refractivity contribution in [2.45, 2.75) is 24.7 Å². The highest BCUT2D eigenvalue weighted by atomic mass is 16.3. The van der Waals surface area contributed by atoms with Crippen LogP contribution in [0, 0.1) is 5.92 Å². The minimum absolute atomic E-state index is 0.447. The van der Waals surface area contributed by atoms with Crippen molar-refractivity contribution in [2.24, 2.45) is 5.92 Å². The molecule has 3 nitrogen and oxygen atoms in total. The molecule has 0 spiro atoms. The number of rotatable bonds is 1. The van der Waals surface area contributed by atoms with Crippen LogP contribution in [0.2, 0.25) is 0 Å². The number of hydrogen-bond acceptors (Lipinski definition) is 3. The summed E-state index contributed by atoms with van der Waals surface area (Å²) >= 11 is 0. The summed E-state index contributed by atoms with van der Waals surface area (Å²) in [4.78, 5) is 4.69. The van der Waals surface area contributed by atoms with Gasteiger partial charge >= 0.3 is 0 Å². The standard InChI is InChI=1S/C18H16N2O/c19-11-6-8-15-14(9-11)20-18(21-15)17-13-7-5-10-3-1-2-4-12(10)16(13)17/h1-4,6,8-9,13,16-17H,5,7,19H2. The van der Waals surface area contributed by atoms with Crippen LogP contribution in [0.4, 0.5) is 5.69 Å². The molecule has 0 bridgehead atoms. The summed E-state index contributed by atoms with van der Waals surface area (Å²) in [6.07, 6.45) is 2.42. The summed E-state index contributed by atoms with van der Waals surface area (Å²) in [5.41, 5.74) is 11.3. The van der Waals surface area contributed by atoms with Crippen molar-refractivity contribution in [1.29, 1.82) is 0 Å². The Morgan fingerprint density at radius 2 is 2.00 bits per heavy atom. The predicted molar refractivity (Wildman–Crippen MR) is 82.2 cm³/mol. The third kappa shape index (κ3) is 1.57. The third-order valence-corrected chi connectivity index (χ3v) is 5.04. The maximum absolute atomic E-state index is 5.99. The molecule has 2 aliphatic carbocycles. The van der Waals surface area contributed by atoms with Crippen LogP contribution in [0.25, 0.3) is 11.1 Å². The van der Waals surface area contributed by atoms with Gasteiger partial charge in [-0.05, 0) is 54.0 Å². The molecule has 0 radical (unpaired) electrons. The number of nitrogens with zero attached hydrogens (tertiary/aromatic N) is 1. The molecule has 3 unspecified atom stereocenters. The van der Waals surface area contributed by atoms with Gasteiger partial charge in [0.1, 0.15) is 5.52 Å². The van der Waals surface area contributed by atoms with Crippen LogP contribution in [-0.2, 0) is 6.42 Å². The third-order valence-electron chi connectivity index (χ3n) is 5.04. The summed E-state index contributed by atoms with van der Waals surface area (Å²) < 4.78 is 5.99. The van der Waals surface area contributed by atoms with Gasteiger partial charge in [0.15, 0.2) is 11.5 Å². The molecule has 5 rings (SSSR count). The zero-order valence-corrected chi connectivity index (χ0v) is 11.6. The number of aryl methyl sites for hydroxylation is 1.